The van der Waals surface area contributed by atoms with Crippen molar-refractivity contribution in [3.8, 4) is 74.6 Å². The summed E-state index contributed by atoms with van der Waals surface area (Å²) in [5.41, 5.74) is -0.252. The predicted molar refractivity (Wildman–Crippen MR) is 359 cm³/mol. The van der Waals surface area contributed by atoms with Gasteiger partial charge < -0.3 is 63.1 Å². The average molecular weight is 1360 g/mol. The zero-order valence-electron chi connectivity index (χ0n) is 52.5. The Morgan fingerprint density at radius 2 is 1.10 bits per heavy atom. The van der Waals surface area contributed by atoms with Gasteiger partial charge in [-0.1, -0.05) is 23.2 Å². The van der Waals surface area contributed by atoms with E-state index in [9.17, 15) is 33.1 Å². The van der Waals surface area contributed by atoms with E-state index in [-0.39, 0.29) is 51.5 Å². The fourth-order valence-electron chi connectivity index (χ4n) is 10.7. The van der Waals surface area contributed by atoms with Crippen LogP contribution in [0.4, 0.5) is 20.2 Å². The molecular weight excluding hydrogens is 1300 g/mol. The van der Waals surface area contributed by atoms with E-state index in [2.05, 4.69) is 25.5 Å². The van der Waals surface area contributed by atoms with Crippen molar-refractivity contribution >= 4 is 68.2 Å². The molecule has 0 atom stereocenters. The SMILES string of the molecule is CCOc1ccn(-c2ccc(F)cc2)c(=O)c1C(=O)Nc1ccc(Oc2ccnc3cc(OCC(C)(C)O)c4c(c23)OCCO4)cc1Cl.O=C(Nc1ccc(Oc2ccnc3cc(OCCCN4CCOCC4)c4c(c23)OCCO4)cc1Cl)c1cccn(-c2ccc(F)cc2)c1=O. The molecule has 0 radical (unpaired) electrons. The number of carbonyl (C=O) groups excluding carboxylic acids is 2. The van der Waals surface area contributed by atoms with Crippen LogP contribution in [0.1, 0.15) is 47.9 Å². The molecule has 0 aliphatic carbocycles. The van der Waals surface area contributed by atoms with Crippen molar-refractivity contribution < 1.29 is 70.8 Å². The number of hydrogen-bond acceptors (Lipinski definition) is 18. The number of halogens is 4. The number of ether oxygens (including phenoxy) is 10. The Bertz CT molecular complexity index is 4700. The van der Waals surface area contributed by atoms with Crippen LogP contribution in [-0.4, -0.2) is 126 Å². The first-order chi connectivity index (χ1) is 47.0. The molecule has 0 unspecified atom stereocenters. The molecule has 4 aromatic heterocycles. The van der Waals surface area contributed by atoms with E-state index in [1.54, 1.807) is 87.8 Å². The van der Waals surface area contributed by atoms with Crippen molar-refractivity contribution in [2.24, 2.45) is 0 Å². The number of pyridine rings is 4. The summed E-state index contributed by atoms with van der Waals surface area (Å²) in [4.78, 5) is 64.6. The maximum atomic E-state index is 13.5. The zero-order chi connectivity index (χ0) is 67.7. The molecular formula is C71H63Cl2F2N7O15. The number of morpholine rings is 1. The zero-order valence-corrected chi connectivity index (χ0v) is 54.0. The van der Waals surface area contributed by atoms with Gasteiger partial charge in [-0.2, -0.15) is 0 Å². The van der Waals surface area contributed by atoms with E-state index in [1.165, 1.54) is 88.3 Å². The van der Waals surface area contributed by atoms with E-state index in [4.69, 9.17) is 70.6 Å². The molecule has 3 aliphatic heterocycles. The van der Waals surface area contributed by atoms with Crippen molar-refractivity contribution in [1.82, 2.24) is 24.0 Å². The lowest BCUT2D eigenvalue weighted by Crippen LogP contribution is -2.37. The first-order valence-corrected chi connectivity index (χ1v) is 31.6. The minimum absolute atomic E-state index is 0.0213. The molecule has 3 aliphatic rings. The molecule has 1 saturated heterocycles. The van der Waals surface area contributed by atoms with Gasteiger partial charge in [-0.15, -0.1) is 0 Å². The molecule has 0 saturated carbocycles. The van der Waals surface area contributed by atoms with Crippen LogP contribution >= 0.6 is 23.2 Å². The van der Waals surface area contributed by atoms with Crippen LogP contribution in [0.3, 0.4) is 0 Å². The Balaban J connectivity index is 0.000000185. The quantitative estimate of drug-likeness (QED) is 0.0601. The van der Waals surface area contributed by atoms with Crippen LogP contribution in [0.15, 0.2) is 162 Å². The molecule has 0 bridgehead atoms. The number of nitrogens with zero attached hydrogens (tertiary/aromatic N) is 5. The summed E-state index contributed by atoms with van der Waals surface area (Å²) in [5.74, 6) is 2.06. The Morgan fingerprint density at radius 1 is 0.588 bits per heavy atom. The van der Waals surface area contributed by atoms with Gasteiger partial charge in [0.2, 0.25) is 11.5 Å². The number of carbonyl (C=O) groups is 2. The van der Waals surface area contributed by atoms with Crippen LogP contribution in [0.5, 0.6) is 63.2 Å². The summed E-state index contributed by atoms with van der Waals surface area (Å²) < 4.78 is 88.9. The summed E-state index contributed by atoms with van der Waals surface area (Å²) in [7, 11) is 0. The van der Waals surface area contributed by atoms with Crippen molar-refractivity contribution in [3.63, 3.8) is 0 Å². The van der Waals surface area contributed by atoms with Crippen molar-refractivity contribution in [1.29, 1.82) is 0 Å². The molecule has 97 heavy (non-hydrogen) atoms. The average Bonchev–Trinajstić information content (AvgIpc) is 0.774. The lowest BCUT2D eigenvalue weighted by Gasteiger charge is -2.26. The minimum Gasteiger partial charge on any atom is -0.493 e. The molecule has 10 aromatic rings. The highest BCUT2D eigenvalue weighted by Gasteiger charge is 2.29. The van der Waals surface area contributed by atoms with E-state index in [0.717, 1.165) is 39.3 Å². The highest BCUT2D eigenvalue weighted by atomic mass is 35.5. The molecule has 13 rings (SSSR count). The van der Waals surface area contributed by atoms with Crippen LogP contribution in [0.2, 0.25) is 10.0 Å². The molecule has 26 heteroatoms. The third kappa shape index (κ3) is 15.4. The van der Waals surface area contributed by atoms with Gasteiger partial charge in [-0.3, -0.25) is 43.2 Å². The Hall–Kier alpha value is -10.5. The molecule has 3 N–H and O–H groups in total. The van der Waals surface area contributed by atoms with Gasteiger partial charge in [0.25, 0.3) is 22.9 Å². The van der Waals surface area contributed by atoms with Crippen molar-refractivity contribution in [2.45, 2.75) is 32.8 Å². The van der Waals surface area contributed by atoms with E-state index in [1.807, 2.05) is 6.07 Å². The second kappa shape index (κ2) is 29.6. The number of rotatable bonds is 20. The van der Waals surface area contributed by atoms with Gasteiger partial charge in [0.15, 0.2) is 23.0 Å². The number of amides is 2. The van der Waals surface area contributed by atoms with Gasteiger partial charge in [-0.25, -0.2) is 8.78 Å². The summed E-state index contributed by atoms with van der Waals surface area (Å²) in [6, 6.07) is 31.5. The smallest absolute Gasteiger partial charge is 0.271 e. The second-order valence-electron chi connectivity index (χ2n) is 22.7. The Kier molecular flexibility index (Phi) is 20.3. The largest absolute Gasteiger partial charge is 0.493 e. The number of aliphatic hydroxyl groups is 1. The number of benzene rings is 6. The van der Waals surface area contributed by atoms with Crippen LogP contribution in [0, 0.1) is 11.6 Å². The van der Waals surface area contributed by atoms with Gasteiger partial charge in [0.05, 0.1) is 75.3 Å². The Morgan fingerprint density at radius 3 is 1.63 bits per heavy atom. The fraction of sp³-hybridized carbons (Fsp3) is 0.239. The molecule has 6 aromatic carbocycles. The van der Waals surface area contributed by atoms with Crippen LogP contribution < -0.4 is 64.4 Å². The summed E-state index contributed by atoms with van der Waals surface area (Å²) >= 11 is 13.2. The Labute approximate surface area is 563 Å². The summed E-state index contributed by atoms with van der Waals surface area (Å²) in [6.07, 6.45) is 7.01. The van der Waals surface area contributed by atoms with Gasteiger partial charge in [-0.05, 0) is 130 Å². The standard InChI is InChI=1S/C36H32ClFN4O7.C35H31ClFN3O8/c37-27-21-25(8-9-28(27)40-35(43)26-3-1-13-42(36(26)44)24-6-4-23(38)5-7-24)49-30-10-11-39-29-22-31(33-34(32(29)30)48-20-19-47-33)46-16-2-12-41-14-17-45-18-15-41;1-4-44-26-12-14-40(21-7-5-20(37)6-8-21)34(42)30(26)33(41)39-24-10-9-22(17-23(24)36)48-27-11-13-38-25-18-28(47-19-35(2,3)43)31-32(29(25)27)46-16-15-45-31/h1,3-11,13,21-22H,2,12,14-20H2,(H,40,43);5-14,17-18,43H,4,15-16,19H2,1-3H3,(H,39,41). The highest BCUT2D eigenvalue weighted by molar-refractivity contribution is 6.34. The maximum Gasteiger partial charge on any atom is 0.271 e. The molecule has 0 spiro atoms. The maximum absolute atomic E-state index is 13.5. The first-order valence-electron chi connectivity index (χ1n) is 30.9. The van der Waals surface area contributed by atoms with Crippen LogP contribution in [0.25, 0.3) is 33.2 Å². The minimum atomic E-state index is -1.07. The fourth-order valence-corrected chi connectivity index (χ4v) is 11.1. The molecule has 500 valence electrons. The molecule has 2 amide bonds. The van der Waals surface area contributed by atoms with Crippen LogP contribution in [-0.2, 0) is 4.74 Å². The molecule has 1 fully saturated rings. The number of fused-ring (bicyclic) bond motifs is 6. The topological polar surface area (TPSA) is 244 Å². The third-order valence-electron chi connectivity index (χ3n) is 15.3. The summed E-state index contributed by atoms with van der Waals surface area (Å²) in [6.45, 7) is 11.4. The lowest BCUT2D eigenvalue weighted by atomic mass is 10.1. The normalized spacial score (nSPS) is 13.4. The highest BCUT2D eigenvalue weighted by Crippen LogP contribution is 2.50. The first kappa shape index (κ1) is 66.5. The predicted octanol–water partition coefficient (Wildman–Crippen LogP) is 12.6. The van der Waals surface area contributed by atoms with E-state index < -0.39 is 40.2 Å². The molecule has 7 heterocycles. The number of nitrogens with one attached hydrogen (secondary N) is 2. The second-order valence-corrected chi connectivity index (χ2v) is 23.5. The number of anilines is 2. The van der Waals surface area contributed by atoms with Gasteiger partial charge >= 0.3 is 0 Å². The van der Waals surface area contributed by atoms with E-state index in [0.29, 0.717) is 124 Å². The number of hydrogen-bond donors (Lipinski definition) is 3. The van der Waals surface area contributed by atoms with Gasteiger partial charge in [0.1, 0.15) is 84.5 Å². The summed E-state index contributed by atoms with van der Waals surface area (Å²) in [5, 5.41) is 17.0. The van der Waals surface area contributed by atoms with Crippen molar-refractivity contribution in [3.05, 3.63) is 206 Å². The van der Waals surface area contributed by atoms with E-state index >= 15 is 0 Å². The number of aromatic nitrogens is 4. The lowest BCUT2D eigenvalue weighted by molar-refractivity contribution is 0.0265. The third-order valence-corrected chi connectivity index (χ3v) is 15.9. The monoisotopic (exact) mass is 1360 g/mol. The molecule has 22 nitrogen and oxygen atoms in total. The van der Waals surface area contributed by atoms with Gasteiger partial charge in [0, 0.05) is 80.1 Å². The van der Waals surface area contributed by atoms with Crippen molar-refractivity contribution in [2.75, 3.05) is 89.7 Å².